The molecule has 11 aromatic rings. The number of halogens is 1. The third kappa shape index (κ3) is 5.07. The summed E-state index contributed by atoms with van der Waals surface area (Å²) in [4.78, 5) is 0. The predicted molar refractivity (Wildman–Crippen MR) is 252 cm³/mol. The third-order valence-corrected chi connectivity index (χ3v) is 13.9. The van der Waals surface area contributed by atoms with E-state index in [0.717, 1.165) is 0 Å². The van der Waals surface area contributed by atoms with E-state index in [-0.39, 0.29) is 20.7 Å². The van der Waals surface area contributed by atoms with E-state index in [9.17, 15) is 0 Å². The first kappa shape index (κ1) is 32.5. The van der Waals surface area contributed by atoms with E-state index >= 15 is 0 Å². The van der Waals surface area contributed by atoms with Gasteiger partial charge in [0, 0.05) is 43.7 Å². The van der Waals surface area contributed by atoms with E-state index in [4.69, 9.17) is 0 Å². The van der Waals surface area contributed by atoms with Crippen molar-refractivity contribution in [1.29, 1.82) is 0 Å². The van der Waals surface area contributed by atoms with Gasteiger partial charge in [0.05, 0.1) is 36.8 Å². The van der Waals surface area contributed by atoms with Crippen LogP contribution < -0.4 is 0 Å². The standard InChI is InChI=1S/C53H34IN3/c1-3-13-39(14-4-1)55-47-19-9-7-17-41(47)43-31-35(22-26-49(43)55)37-24-28-51-45(33-37)46-34-38(25-29-52(46)57(51)53-21-11-12-30-54-53)36-23-27-50-44(32-36)42-18-8-10-20-48(42)56(50)40-15-5-2-6-16-40/h1-34H. The monoisotopic (exact) mass is 839 g/mol. The summed E-state index contributed by atoms with van der Waals surface area (Å²) >= 11 is -0.261. The molecule has 0 spiro atoms. The number of benzene rings is 8. The molecule has 4 heteroatoms. The van der Waals surface area contributed by atoms with Gasteiger partial charge in [-0.25, -0.2) is 0 Å². The normalized spacial score (nSPS) is 13.0. The lowest BCUT2D eigenvalue weighted by molar-refractivity contribution is 1.18. The van der Waals surface area contributed by atoms with Crippen LogP contribution in [0.15, 0.2) is 200 Å². The summed E-state index contributed by atoms with van der Waals surface area (Å²) in [6.07, 6.45) is 6.68. The number of fused-ring (bicyclic) bond motifs is 9. The molecule has 0 amide bonds. The van der Waals surface area contributed by atoms with Crippen molar-refractivity contribution in [2.45, 2.75) is 0 Å². The van der Waals surface area contributed by atoms with Gasteiger partial charge in [0.15, 0.2) is 0 Å². The molecule has 1 aliphatic rings. The smallest absolute Gasteiger partial charge is 0.0792 e. The molecular weight excluding hydrogens is 806 g/mol. The highest BCUT2D eigenvalue weighted by molar-refractivity contribution is 14.2. The second kappa shape index (κ2) is 12.9. The highest BCUT2D eigenvalue weighted by atomic mass is 127. The Balaban J connectivity index is 1.05. The molecule has 0 unspecified atom stereocenters. The zero-order valence-electron chi connectivity index (χ0n) is 30.8. The number of aromatic nitrogens is 3. The van der Waals surface area contributed by atoms with Crippen LogP contribution in [0.4, 0.5) is 0 Å². The van der Waals surface area contributed by atoms with Crippen molar-refractivity contribution in [3.63, 3.8) is 0 Å². The maximum absolute atomic E-state index is 2.51. The van der Waals surface area contributed by atoms with Crippen LogP contribution in [0.1, 0.15) is 0 Å². The fraction of sp³-hybridized carbons (Fsp3) is 0. The predicted octanol–water partition coefficient (Wildman–Crippen LogP) is 14.5. The first-order chi connectivity index (χ1) is 28.3. The summed E-state index contributed by atoms with van der Waals surface area (Å²) in [5.41, 5.74) is 14.6. The molecule has 0 saturated heterocycles. The highest BCUT2D eigenvalue weighted by Gasteiger charge is 2.18. The zero-order valence-corrected chi connectivity index (χ0v) is 33.0. The summed E-state index contributed by atoms with van der Waals surface area (Å²) in [7, 11) is 0. The minimum absolute atomic E-state index is 0.261. The van der Waals surface area contributed by atoms with Crippen molar-refractivity contribution in [3.05, 3.63) is 200 Å². The lowest BCUT2D eigenvalue weighted by Crippen LogP contribution is -1.93. The molecule has 1 aliphatic heterocycles. The molecule has 3 nitrogen and oxygen atoms in total. The number of para-hydroxylation sites is 4. The van der Waals surface area contributed by atoms with Crippen LogP contribution in [0.3, 0.4) is 0 Å². The Kier molecular flexibility index (Phi) is 7.35. The van der Waals surface area contributed by atoms with Gasteiger partial charge < -0.3 is 13.7 Å². The van der Waals surface area contributed by atoms with E-state index in [1.807, 2.05) is 0 Å². The molecule has 0 aliphatic carbocycles. The van der Waals surface area contributed by atoms with Crippen LogP contribution in [0.5, 0.6) is 0 Å². The molecule has 0 bridgehead atoms. The number of hydrogen-bond acceptors (Lipinski definition) is 0. The Morgan fingerprint density at radius 2 is 0.667 bits per heavy atom. The molecule has 0 N–H and O–H groups in total. The minimum atomic E-state index is -0.261. The van der Waals surface area contributed by atoms with Crippen LogP contribution in [0, 0.1) is 0 Å². The van der Waals surface area contributed by atoms with Gasteiger partial charge in [0.1, 0.15) is 0 Å². The van der Waals surface area contributed by atoms with E-state index < -0.39 is 0 Å². The molecule has 0 radical (unpaired) electrons. The topological polar surface area (TPSA) is 14.8 Å². The van der Waals surface area contributed by atoms with Crippen molar-refractivity contribution in [1.82, 2.24) is 13.7 Å². The van der Waals surface area contributed by atoms with Crippen molar-refractivity contribution < 1.29 is 0 Å². The van der Waals surface area contributed by atoms with Crippen LogP contribution in [-0.2, 0) is 0 Å². The fourth-order valence-corrected chi connectivity index (χ4v) is 11.1. The highest BCUT2D eigenvalue weighted by Crippen LogP contribution is 2.42. The minimum Gasteiger partial charge on any atom is -0.309 e. The molecule has 0 atom stereocenters. The molecule has 268 valence electrons. The first-order valence-corrected chi connectivity index (χ1v) is 21.7. The van der Waals surface area contributed by atoms with Crippen LogP contribution in [0.25, 0.3) is 103 Å². The second-order valence-corrected chi connectivity index (χ2v) is 17.2. The molecule has 12 rings (SSSR count). The van der Waals surface area contributed by atoms with Gasteiger partial charge in [-0.1, -0.05) is 130 Å². The number of rotatable bonds is 5. The maximum atomic E-state index is 2.51. The summed E-state index contributed by atoms with van der Waals surface area (Å²) < 4.78 is 11.0. The lowest BCUT2D eigenvalue weighted by atomic mass is 9.98. The SMILES string of the molecule is C1=CC=C(n2c3ccc(-c4ccc5c(c4)c4ccccc4n5-c4ccccc4)cc3c3cc(-c4ccc5c(c4)c4ccccc4n5-c4ccccc4)ccc32)I=C1. The number of allylic oxidation sites excluding steroid dienone is 3. The Bertz CT molecular complexity index is 3290. The van der Waals surface area contributed by atoms with E-state index in [1.54, 1.807) is 0 Å². The Hall–Kier alpha value is -6.76. The summed E-state index contributed by atoms with van der Waals surface area (Å²) in [5, 5.41) is 7.61. The molecule has 0 fully saturated rings. The molecule has 57 heavy (non-hydrogen) atoms. The maximum Gasteiger partial charge on any atom is 0.0792 e. The second-order valence-electron chi connectivity index (χ2n) is 14.7. The van der Waals surface area contributed by atoms with Gasteiger partial charge in [-0.2, -0.15) is 0 Å². The van der Waals surface area contributed by atoms with E-state index in [2.05, 4.69) is 218 Å². The Morgan fingerprint density at radius 1 is 0.298 bits per heavy atom. The summed E-state index contributed by atoms with van der Waals surface area (Å²) in [5.74, 6) is 0. The van der Waals surface area contributed by atoms with Gasteiger partial charge in [-0.3, -0.25) is 0 Å². The van der Waals surface area contributed by atoms with Crippen molar-refractivity contribution in [2.75, 3.05) is 0 Å². The van der Waals surface area contributed by atoms with Gasteiger partial charge in [0.2, 0.25) is 0 Å². The zero-order chi connectivity index (χ0) is 37.5. The van der Waals surface area contributed by atoms with Gasteiger partial charge in [0.25, 0.3) is 0 Å². The molecule has 4 heterocycles. The molecular formula is C53H34IN3. The third-order valence-electron chi connectivity index (χ3n) is 11.6. The van der Waals surface area contributed by atoms with Gasteiger partial charge >= 0.3 is 0 Å². The number of nitrogens with zero attached hydrogens (tertiary/aromatic N) is 3. The first-order valence-electron chi connectivity index (χ1n) is 19.4. The number of hydrogen-bond donors (Lipinski definition) is 0. The van der Waals surface area contributed by atoms with Crippen LogP contribution >= 0.6 is 20.7 Å². The average Bonchev–Trinajstić information content (AvgIpc) is 3.92. The molecule has 3 aromatic heterocycles. The van der Waals surface area contributed by atoms with Crippen LogP contribution in [0.2, 0.25) is 0 Å². The van der Waals surface area contributed by atoms with Gasteiger partial charge in [-0.05, 0) is 117 Å². The Labute approximate surface area is 339 Å². The van der Waals surface area contributed by atoms with E-state index in [0.29, 0.717) is 0 Å². The quantitative estimate of drug-likeness (QED) is 0.153. The average molecular weight is 840 g/mol. The van der Waals surface area contributed by atoms with E-state index in [1.165, 1.54) is 103 Å². The summed E-state index contributed by atoms with van der Waals surface area (Å²) in [6.45, 7) is 0. The molecule has 0 saturated carbocycles. The summed E-state index contributed by atoms with van der Waals surface area (Å²) in [6, 6.07) is 67.0. The van der Waals surface area contributed by atoms with Crippen molar-refractivity contribution in [2.24, 2.45) is 0 Å². The van der Waals surface area contributed by atoms with Crippen molar-refractivity contribution in [3.8, 4) is 33.6 Å². The van der Waals surface area contributed by atoms with Gasteiger partial charge in [-0.15, -0.1) is 0 Å². The molecule has 8 aromatic carbocycles. The van der Waals surface area contributed by atoms with Crippen LogP contribution in [-0.4, -0.2) is 17.7 Å². The largest absolute Gasteiger partial charge is 0.309 e. The Morgan fingerprint density at radius 3 is 1.09 bits per heavy atom. The van der Waals surface area contributed by atoms with Crippen molar-refractivity contribution >= 4 is 93.9 Å². The lowest BCUT2D eigenvalue weighted by Gasteiger charge is -2.10. The fourth-order valence-electron chi connectivity index (χ4n) is 9.07.